The number of hydrogen-bond donors (Lipinski definition) is 1. The first-order chi connectivity index (χ1) is 9.11. The van der Waals surface area contributed by atoms with E-state index in [1.807, 2.05) is 44.2 Å². The number of nitrogens with two attached hydrogens (primary N) is 1. The first-order valence-electron chi connectivity index (χ1n) is 6.33. The fraction of sp³-hybridized carbons (Fsp3) is 0.333. The lowest BCUT2D eigenvalue weighted by atomic mass is 10.1. The molecule has 2 rings (SSSR count). The molecule has 4 heteroatoms. The normalized spacial score (nSPS) is 14.1. The van der Waals surface area contributed by atoms with Crippen molar-refractivity contribution < 1.29 is 9.15 Å². The van der Waals surface area contributed by atoms with Crippen molar-refractivity contribution in [3.63, 3.8) is 0 Å². The van der Waals surface area contributed by atoms with E-state index in [2.05, 4.69) is 0 Å². The Balaban J connectivity index is 2.23. The average Bonchev–Trinajstić information content (AvgIpc) is 2.93. The molecule has 19 heavy (non-hydrogen) atoms. The summed E-state index contributed by atoms with van der Waals surface area (Å²) in [4.78, 5) is 0. The van der Waals surface area contributed by atoms with Crippen LogP contribution in [0.5, 0.6) is 5.75 Å². The van der Waals surface area contributed by atoms with Gasteiger partial charge in [-0.3, -0.25) is 0 Å². The van der Waals surface area contributed by atoms with Crippen LogP contribution in [0, 0.1) is 6.92 Å². The molecule has 102 valence electrons. The summed E-state index contributed by atoms with van der Waals surface area (Å²) in [5, 5.41) is 0.724. The summed E-state index contributed by atoms with van der Waals surface area (Å²) in [7, 11) is 0. The lowest BCUT2D eigenvalue weighted by Crippen LogP contribution is -2.31. The van der Waals surface area contributed by atoms with Gasteiger partial charge in [-0.15, -0.1) is 0 Å². The number of hydrogen-bond acceptors (Lipinski definition) is 3. The van der Waals surface area contributed by atoms with Crippen LogP contribution in [0.15, 0.2) is 41.0 Å². The molecule has 0 fully saturated rings. The van der Waals surface area contributed by atoms with Crippen LogP contribution in [-0.4, -0.2) is 6.04 Å². The zero-order valence-corrected chi connectivity index (χ0v) is 11.9. The van der Waals surface area contributed by atoms with E-state index in [0.29, 0.717) is 0 Å². The van der Waals surface area contributed by atoms with E-state index in [4.69, 9.17) is 26.5 Å². The predicted octanol–water partition coefficient (Wildman–Crippen LogP) is 4.10. The summed E-state index contributed by atoms with van der Waals surface area (Å²) in [6, 6.07) is 9.16. The standard InChI is InChI=1S/C15H18ClNO2/c1-3-13(17)15(14-5-4-8-18-14)19-11-6-7-12(16)10(2)9-11/h4-9,13,15H,3,17H2,1-2H3. The molecule has 1 aromatic carbocycles. The SMILES string of the molecule is CCC(N)C(Oc1ccc(Cl)c(C)c1)c1ccco1. The molecule has 2 unspecified atom stereocenters. The molecular weight excluding hydrogens is 262 g/mol. The minimum Gasteiger partial charge on any atom is -0.481 e. The fourth-order valence-electron chi connectivity index (χ4n) is 1.86. The van der Waals surface area contributed by atoms with Crippen LogP contribution in [0.25, 0.3) is 0 Å². The third-order valence-electron chi connectivity index (χ3n) is 3.08. The van der Waals surface area contributed by atoms with Crippen molar-refractivity contribution in [1.82, 2.24) is 0 Å². The number of furan rings is 1. The minimum absolute atomic E-state index is 0.123. The number of halogens is 1. The number of ether oxygens (including phenoxy) is 1. The average molecular weight is 280 g/mol. The molecule has 0 aliphatic heterocycles. The van der Waals surface area contributed by atoms with Gasteiger partial charge in [0.2, 0.25) is 0 Å². The highest BCUT2D eigenvalue weighted by Crippen LogP contribution is 2.28. The maximum Gasteiger partial charge on any atom is 0.171 e. The highest BCUT2D eigenvalue weighted by Gasteiger charge is 2.23. The Morgan fingerprint density at radius 3 is 2.74 bits per heavy atom. The van der Waals surface area contributed by atoms with E-state index >= 15 is 0 Å². The molecule has 0 radical (unpaired) electrons. The Morgan fingerprint density at radius 2 is 2.16 bits per heavy atom. The molecule has 0 saturated heterocycles. The quantitative estimate of drug-likeness (QED) is 0.896. The number of aryl methyl sites for hydroxylation is 1. The molecule has 2 N–H and O–H groups in total. The van der Waals surface area contributed by atoms with Gasteiger partial charge in [0, 0.05) is 11.1 Å². The molecule has 0 aliphatic carbocycles. The van der Waals surface area contributed by atoms with Crippen LogP contribution in [0.3, 0.4) is 0 Å². The van der Waals surface area contributed by atoms with Gasteiger partial charge in [-0.1, -0.05) is 18.5 Å². The zero-order valence-electron chi connectivity index (χ0n) is 11.1. The van der Waals surface area contributed by atoms with Crippen molar-refractivity contribution in [2.75, 3.05) is 0 Å². The minimum atomic E-state index is -0.291. The maximum absolute atomic E-state index is 6.11. The number of rotatable bonds is 5. The van der Waals surface area contributed by atoms with Crippen LogP contribution >= 0.6 is 11.6 Å². The number of benzene rings is 1. The monoisotopic (exact) mass is 279 g/mol. The van der Waals surface area contributed by atoms with Crippen molar-refractivity contribution in [2.45, 2.75) is 32.4 Å². The van der Waals surface area contributed by atoms with E-state index in [9.17, 15) is 0 Å². The Bertz CT molecular complexity index is 525. The van der Waals surface area contributed by atoms with Gasteiger partial charge < -0.3 is 14.9 Å². The summed E-state index contributed by atoms with van der Waals surface area (Å²) < 4.78 is 11.4. The second-order valence-corrected chi connectivity index (χ2v) is 4.94. The van der Waals surface area contributed by atoms with Crippen LogP contribution in [0.2, 0.25) is 5.02 Å². The third kappa shape index (κ3) is 3.31. The molecule has 0 aliphatic rings. The maximum atomic E-state index is 6.11. The van der Waals surface area contributed by atoms with E-state index in [1.54, 1.807) is 6.26 Å². The molecular formula is C15H18ClNO2. The fourth-order valence-corrected chi connectivity index (χ4v) is 1.98. The van der Waals surface area contributed by atoms with Crippen LogP contribution < -0.4 is 10.5 Å². The summed E-state index contributed by atoms with van der Waals surface area (Å²) >= 11 is 6.01. The third-order valence-corrected chi connectivity index (χ3v) is 3.50. The summed E-state index contributed by atoms with van der Waals surface area (Å²) in [5.74, 6) is 1.48. The van der Waals surface area contributed by atoms with E-state index < -0.39 is 0 Å². The van der Waals surface area contributed by atoms with E-state index in [-0.39, 0.29) is 12.1 Å². The Hall–Kier alpha value is -1.45. The van der Waals surface area contributed by atoms with Crippen molar-refractivity contribution in [3.8, 4) is 5.75 Å². The van der Waals surface area contributed by atoms with Gasteiger partial charge in [0.1, 0.15) is 11.5 Å². The summed E-state index contributed by atoms with van der Waals surface area (Å²) in [5.41, 5.74) is 7.09. The molecule has 1 heterocycles. The molecule has 0 spiro atoms. The summed E-state index contributed by atoms with van der Waals surface area (Å²) in [6.07, 6.45) is 2.14. The van der Waals surface area contributed by atoms with Crippen LogP contribution in [0.4, 0.5) is 0 Å². The molecule has 0 saturated carbocycles. The van der Waals surface area contributed by atoms with Gasteiger partial charge in [0.25, 0.3) is 0 Å². The molecule has 1 aromatic heterocycles. The van der Waals surface area contributed by atoms with Crippen LogP contribution in [0.1, 0.15) is 30.8 Å². The topological polar surface area (TPSA) is 48.4 Å². The first-order valence-corrected chi connectivity index (χ1v) is 6.71. The Labute approximate surface area is 118 Å². The Kier molecular flexibility index (Phi) is 4.51. The zero-order chi connectivity index (χ0) is 13.8. The van der Waals surface area contributed by atoms with Gasteiger partial charge in [0.05, 0.1) is 6.26 Å². The van der Waals surface area contributed by atoms with Crippen molar-refractivity contribution in [3.05, 3.63) is 52.9 Å². The largest absolute Gasteiger partial charge is 0.481 e. The molecule has 2 atom stereocenters. The smallest absolute Gasteiger partial charge is 0.171 e. The molecule has 3 nitrogen and oxygen atoms in total. The lowest BCUT2D eigenvalue weighted by molar-refractivity contribution is 0.144. The predicted molar refractivity (Wildman–Crippen MR) is 76.5 cm³/mol. The van der Waals surface area contributed by atoms with E-state index in [0.717, 1.165) is 28.5 Å². The second-order valence-electron chi connectivity index (χ2n) is 4.54. The van der Waals surface area contributed by atoms with Crippen molar-refractivity contribution >= 4 is 11.6 Å². The lowest BCUT2D eigenvalue weighted by Gasteiger charge is -2.22. The van der Waals surface area contributed by atoms with Gasteiger partial charge in [-0.25, -0.2) is 0 Å². The highest BCUT2D eigenvalue weighted by molar-refractivity contribution is 6.31. The second kappa shape index (κ2) is 6.13. The van der Waals surface area contributed by atoms with Crippen molar-refractivity contribution in [2.24, 2.45) is 5.73 Å². The molecule has 0 bridgehead atoms. The Morgan fingerprint density at radius 1 is 1.37 bits per heavy atom. The molecule has 2 aromatic rings. The first kappa shape index (κ1) is 14.0. The van der Waals surface area contributed by atoms with Crippen LogP contribution in [-0.2, 0) is 0 Å². The highest BCUT2D eigenvalue weighted by atomic mass is 35.5. The molecule has 0 amide bonds. The van der Waals surface area contributed by atoms with Gasteiger partial charge in [-0.05, 0) is 49.2 Å². The van der Waals surface area contributed by atoms with Gasteiger partial charge in [0.15, 0.2) is 6.10 Å². The van der Waals surface area contributed by atoms with Gasteiger partial charge in [-0.2, -0.15) is 0 Å². The van der Waals surface area contributed by atoms with Gasteiger partial charge >= 0.3 is 0 Å². The van der Waals surface area contributed by atoms with Crippen molar-refractivity contribution in [1.29, 1.82) is 0 Å². The summed E-state index contributed by atoms with van der Waals surface area (Å²) in [6.45, 7) is 3.97. The van der Waals surface area contributed by atoms with E-state index in [1.165, 1.54) is 0 Å².